The van der Waals surface area contributed by atoms with Gasteiger partial charge in [-0.2, -0.15) is 5.26 Å². The Labute approximate surface area is 280 Å². The molecule has 1 saturated heterocycles. The number of carbonyl (C=O) groups is 1. The van der Waals surface area contributed by atoms with Crippen LogP contribution in [0.1, 0.15) is 80.0 Å². The van der Waals surface area contributed by atoms with Crippen LogP contribution in [0.25, 0.3) is 0 Å². The molecule has 0 N–H and O–H groups in total. The standard InChI is InChI=1S/C37H45N5O4S/c1-25-20-28(45-24-26-10-7-6-8-11-26)21-31-29(25)12-9-15-37(31)16-13-30-32(22-37)39-34(47(5)44)40-33(30)41-18-19-42(27(23-41)14-17-38)35(43)46-36(2,3)4/h6-8,10-11,20-21,27H,9,12-16,18-19,22-24H2,1-5H3/t27-,37?,47?/m0/s1. The lowest BCUT2D eigenvalue weighted by Crippen LogP contribution is -2.56. The number of piperazine rings is 1. The Hall–Kier alpha value is -3.97. The molecule has 10 heteroatoms. The van der Waals surface area contributed by atoms with E-state index in [9.17, 15) is 14.3 Å². The van der Waals surface area contributed by atoms with Crippen LogP contribution in [0.5, 0.6) is 5.75 Å². The van der Waals surface area contributed by atoms with Crippen LogP contribution in [0.2, 0.25) is 0 Å². The molecule has 1 spiro atoms. The molecular weight excluding hydrogens is 611 g/mol. The first-order chi connectivity index (χ1) is 22.5. The molecule has 3 aromatic rings. The maximum atomic E-state index is 13.1. The highest BCUT2D eigenvalue weighted by atomic mass is 32.2. The molecule has 0 radical (unpaired) electrons. The molecule has 6 rings (SSSR count). The van der Waals surface area contributed by atoms with Crippen LogP contribution in [0.3, 0.4) is 0 Å². The van der Waals surface area contributed by atoms with Gasteiger partial charge in [-0.05, 0) is 101 Å². The highest BCUT2D eigenvalue weighted by Gasteiger charge is 2.43. The number of aryl methyl sites for hydroxylation is 1. The lowest BCUT2D eigenvalue weighted by atomic mass is 9.61. The molecule has 0 bridgehead atoms. The Balaban J connectivity index is 1.31. The predicted octanol–water partition coefficient (Wildman–Crippen LogP) is 6.20. The van der Waals surface area contributed by atoms with Crippen LogP contribution in [0.15, 0.2) is 47.6 Å². The minimum absolute atomic E-state index is 0.0889. The van der Waals surface area contributed by atoms with Gasteiger partial charge in [0.2, 0.25) is 5.16 Å². The molecule has 2 aromatic carbocycles. The molecule has 1 aromatic heterocycles. The zero-order chi connectivity index (χ0) is 33.3. The third kappa shape index (κ3) is 7.01. The van der Waals surface area contributed by atoms with Gasteiger partial charge in [0, 0.05) is 36.9 Å². The highest BCUT2D eigenvalue weighted by Crippen LogP contribution is 2.49. The van der Waals surface area contributed by atoms with E-state index in [0.717, 1.165) is 66.9 Å². The van der Waals surface area contributed by atoms with Gasteiger partial charge in [0.1, 0.15) is 23.8 Å². The SMILES string of the molecule is Cc1cc(OCc2ccccc2)cc2c1CCCC21CCc2c(nc(S(C)=O)nc2N2CCN(C(=O)OC(C)(C)C)[C@@H](CC#N)C2)C1. The smallest absolute Gasteiger partial charge is 0.410 e. The largest absolute Gasteiger partial charge is 0.489 e. The second-order valence-corrected chi connectivity index (χ2v) is 15.5. The number of fused-ring (bicyclic) bond motifs is 3. The Kier molecular flexibility index (Phi) is 9.30. The van der Waals surface area contributed by atoms with Crippen molar-refractivity contribution in [2.24, 2.45) is 0 Å². The molecule has 3 aliphatic rings. The number of benzene rings is 2. The molecule has 47 heavy (non-hydrogen) atoms. The monoisotopic (exact) mass is 655 g/mol. The number of anilines is 1. The molecule has 1 fully saturated rings. The van der Waals surface area contributed by atoms with E-state index in [2.05, 4.69) is 42.2 Å². The van der Waals surface area contributed by atoms with Crippen LogP contribution in [0.4, 0.5) is 10.6 Å². The van der Waals surface area contributed by atoms with E-state index in [4.69, 9.17) is 19.4 Å². The topological polar surface area (TPSA) is 109 Å². The summed E-state index contributed by atoms with van der Waals surface area (Å²) in [5.74, 6) is 1.68. The highest BCUT2D eigenvalue weighted by molar-refractivity contribution is 7.84. The van der Waals surface area contributed by atoms with Crippen molar-refractivity contribution in [2.75, 3.05) is 30.8 Å². The quantitative estimate of drug-likeness (QED) is 0.289. The van der Waals surface area contributed by atoms with Crippen molar-refractivity contribution < 1.29 is 18.5 Å². The number of amides is 1. The predicted molar refractivity (Wildman–Crippen MR) is 182 cm³/mol. The van der Waals surface area contributed by atoms with Crippen molar-refractivity contribution in [3.05, 3.63) is 76.0 Å². The Bertz CT molecular complexity index is 1720. The van der Waals surface area contributed by atoms with Gasteiger partial charge < -0.3 is 19.3 Å². The van der Waals surface area contributed by atoms with E-state index < -0.39 is 22.5 Å². The van der Waals surface area contributed by atoms with Crippen LogP contribution in [0, 0.1) is 18.3 Å². The number of carbonyl (C=O) groups excluding carboxylic acids is 1. The van der Waals surface area contributed by atoms with E-state index in [0.29, 0.717) is 31.4 Å². The number of hydrogen-bond donors (Lipinski definition) is 0. The van der Waals surface area contributed by atoms with Crippen LogP contribution < -0.4 is 9.64 Å². The molecule has 1 aliphatic heterocycles. The first kappa shape index (κ1) is 33.0. The average molecular weight is 656 g/mol. The van der Waals surface area contributed by atoms with Gasteiger partial charge in [-0.25, -0.2) is 14.8 Å². The van der Waals surface area contributed by atoms with Gasteiger partial charge in [0.15, 0.2) is 0 Å². The van der Waals surface area contributed by atoms with Crippen molar-refractivity contribution in [2.45, 2.75) is 101 Å². The van der Waals surface area contributed by atoms with Crippen molar-refractivity contribution in [3.63, 3.8) is 0 Å². The number of rotatable bonds is 6. The molecule has 2 heterocycles. The maximum Gasteiger partial charge on any atom is 0.410 e. The molecular formula is C37H45N5O4S. The number of ether oxygens (including phenoxy) is 2. The van der Waals surface area contributed by atoms with E-state index >= 15 is 0 Å². The summed E-state index contributed by atoms with van der Waals surface area (Å²) >= 11 is 0. The van der Waals surface area contributed by atoms with Crippen LogP contribution in [-0.2, 0) is 46.8 Å². The average Bonchev–Trinajstić information content (AvgIpc) is 3.03. The lowest BCUT2D eigenvalue weighted by molar-refractivity contribution is 0.0144. The van der Waals surface area contributed by atoms with E-state index in [1.165, 1.54) is 16.7 Å². The molecule has 248 valence electrons. The van der Waals surface area contributed by atoms with E-state index in [1.54, 1.807) is 11.2 Å². The van der Waals surface area contributed by atoms with Gasteiger partial charge in [0.25, 0.3) is 0 Å². The molecule has 9 nitrogen and oxygen atoms in total. The first-order valence-corrected chi connectivity index (χ1v) is 18.2. The second kappa shape index (κ2) is 13.3. The van der Waals surface area contributed by atoms with Crippen LogP contribution in [-0.4, -0.2) is 62.7 Å². The van der Waals surface area contributed by atoms with Gasteiger partial charge in [-0.15, -0.1) is 0 Å². The molecule has 0 saturated carbocycles. The summed E-state index contributed by atoms with van der Waals surface area (Å²) in [6, 6.07) is 16.6. The fourth-order valence-electron chi connectivity index (χ4n) is 7.54. The fourth-order valence-corrected chi connectivity index (χ4v) is 8.00. The lowest BCUT2D eigenvalue weighted by Gasteiger charge is -2.45. The summed E-state index contributed by atoms with van der Waals surface area (Å²) in [4.78, 5) is 26.7. The summed E-state index contributed by atoms with van der Waals surface area (Å²) in [6.07, 6.45) is 7.12. The maximum absolute atomic E-state index is 13.1. The Morgan fingerprint density at radius 3 is 2.62 bits per heavy atom. The summed E-state index contributed by atoms with van der Waals surface area (Å²) < 4.78 is 24.9. The minimum atomic E-state index is -1.38. The van der Waals surface area contributed by atoms with Crippen molar-refractivity contribution in [1.29, 1.82) is 5.26 Å². The molecule has 3 atom stereocenters. The van der Waals surface area contributed by atoms with Gasteiger partial charge in [-0.3, -0.25) is 4.21 Å². The number of aromatic nitrogens is 2. The molecule has 2 unspecified atom stereocenters. The number of nitrogens with zero attached hydrogens (tertiary/aromatic N) is 5. The second-order valence-electron chi connectivity index (χ2n) is 14.2. The number of hydrogen-bond acceptors (Lipinski definition) is 8. The van der Waals surface area contributed by atoms with E-state index in [-0.39, 0.29) is 17.9 Å². The van der Waals surface area contributed by atoms with Crippen molar-refractivity contribution in [3.8, 4) is 11.8 Å². The van der Waals surface area contributed by atoms with Crippen molar-refractivity contribution >= 4 is 22.7 Å². The number of nitriles is 1. The Morgan fingerprint density at radius 2 is 1.89 bits per heavy atom. The zero-order valence-electron chi connectivity index (χ0n) is 28.2. The summed E-state index contributed by atoms with van der Waals surface area (Å²) in [6.45, 7) is 9.64. The Morgan fingerprint density at radius 1 is 1.11 bits per heavy atom. The third-order valence-corrected chi connectivity index (χ3v) is 10.4. The van der Waals surface area contributed by atoms with Gasteiger partial charge in [-0.1, -0.05) is 30.3 Å². The summed E-state index contributed by atoms with van der Waals surface area (Å²) in [5.41, 5.74) is 6.50. The summed E-state index contributed by atoms with van der Waals surface area (Å²) in [7, 11) is -1.38. The molecule has 2 aliphatic carbocycles. The summed E-state index contributed by atoms with van der Waals surface area (Å²) in [5, 5.41) is 9.97. The molecule has 1 amide bonds. The van der Waals surface area contributed by atoms with Gasteiger partial charge in [0.05, 0.1) is 35.0 Å². The zero-order valence-corrected chi connectivity index (χ0v) is 29.0. The minimum Gasteiger partial charge on any atom is -0.489 e. The van der Waals surface area contributed by atoms with E-state index in [1.807, 2.05) is 39.0 Å². The first-order valence-electron chi connectivity index (χ1n) is 16.6. The van der Waals surface area contributed by atoms with Gasteiger partial charge >= 0.3 is 6.09 Å². The fraction of sp³-hybridized carbons (Fsp3) is 0.514. The normalized spacial score (nSPS) is 21.4. The third-order valence-electron chi connectivity index (χ3n) is 9.75. The van der Waals surface area contributed by atoms with Crippen molar-refractivity contribution in [1.82, 2.24) is 14.9 Å². The van der Waals surface area contributed by atoms with Crippen LogP contribution >= 0.6 is 0 Å².